The molecule has 1 fully saturated rings. The van der Waals surface area contributed by atoms with Crippen LogP contribution in [0.3, 0.4) is 0 Å². The number of H-pyrrole nitrogens is 1. The molecule has 16 nitrogen and oxygen atoms in total. The van der Waals surface area contributed by atoms with Crippen LogP contribution < -0.4 is 10.3 Å². The highest BCUT2D eigenvalue weighted by molar-refractivity contribution is 7.82. The molecule has 1 aliphatic heterocycles. The molecule has 2 unspecified atom stereocenters. The number of nitrogens with one attached hydrogen (secondary N) is 1. The fourth-order valence-electron chi connectivity index (χ4n) is 5.41. The van der Waals surface area contributed by atoms with Gasteiger partial charge in [0.25, 0.3) is 15.7 Å². The molecule has 3 heterocycles. The molecule has 2 atom stereocenters. The second kappa shape index (κ2) is 14.4. The van der Waals surface area contributed by atoms with Gasteiger partial charge in [0, 0.05) is 25.7 Å². The molecule has 0 radical (unpaired) electrons. The Balaban J connectivity index is 1.65. The number of fused-ring (bicyclic) bond motifs is 1. The minimum atomic E-state index is -1.67. The van der Waals surface area contributed by atoms with Crippen molar-refractivity contribution in [1.82, 2.24) is 18.8 Å². The van der Waals surface area contributed by atoms with Crippen LogP contribution >= 0.6 is 0 Å². The minimum Gasteiger partial charge on any atom is -0.493 e. The summed E-state index contributed by atoms with van der Waals surface area (Å²) in [5, 5.41) is 19.5. The topological polar surface area (TPSA) is 202 Å². The number of hydrogen-bond acceptors (Lipinski definition) is 11. The molecule has 0 spiro atoms. The van der Waals surface area contributed by atoms with E-state index >= 15 is 0 Å². The summed E-state index contributed by atoms with van der Waals surface area (Å²) in [6, 6.07) is 4.97. The van der Waals surface area contributed by atoms with Gasteiger partial charge in [-0.05, 0) is 49.8 Å². The third kappa shape index (κ3) is 7.05. The largest absolute Gasteiger partial charge is 0.493 e. The molecule has 4 rings (SSSR count). The van der Waals surface area contributed by atoms with Crippen molar-refractivity contribution in [2.75, 3.05) is 26.3 Å². The lowest BCUT2D eigenvalue weighted by Crippen LogP contribution is -2.41. The van der Waals surface area contributed by atoms with Gasteiger partial charge in [-0.2, -0.15) is 0 Å². The molecule has 0 saturated carbocycles. The first-order valence-electron chi connectivity index (χ1n) is 14.2. The highest BCUT2D eigenvalue weighted by Gasteiger charge is 2.32. The molecule has 2 aromatic heterocycles. The number of aldehydes is 1. The first kappa shape index (κ1) is 32.5. The van der Waals surface area contributed by atoms with E-state index in [0.717, 1.165) is 19.1 Å². The number of aryl methyl sites for hydroxylation is 2. The molecule has 44 heavy (non-hydrogen) atoms. The number of aromatic nitrogens is 3. The first-order valence-corrected chi connectivity index (χ1v) is 15.3. The third-order valence-electron chi connectivity index (χ3n) is 7.49. The number of carbonyl (C=O) groups excluding carboxylic acids is 1. The molecule has 3 aromatic rings. The van der Waals surface area contributed by atoms with Crippen molar-refractivity contribution in [3.8, 4) is 17.1 Å². The van der Waals surface area contributed by atoms with E-state index in [9.17, 15) is 34.0 Å². The highest BCUT2D eigenvalue weighted by atomic mass is 32.2. The minimum absolute atomic E-state index is 0.206. The molecule has 0 bridgehead atoms. The number of aromatic amines is 1. The SMILES string of the molecule is CCCOc1ccc(S(=O)N2CCC(C(CO[N+](=O)[O-])O[N+](=O)[O-])CC2)cc1-c1nc2c(CCC)c(C=O)n(C)c2c(=O)[nH]1. The van der Waals surface area contributed by atoms with Crippen molar-refractivity contribution in [2.45, 2.75) is 57.0 Å². The summed E-state index contributed by atoms with van der Waals surface area (Å²) in [6.07, 6.45) is 2.24. The Morgan fingerprint density at radius 2 is 1.91 bits per heavy atom. The fourth-order valence-corrected chi connectivity index (χ4v) is 6.65. The standard InChI is InChI=1S/C27H34N6O10S/c1-4-6-19-21(15-34)30(3)25-24(19)28-26(29-27(25)35)20-14-18(7-8-22(20)41-13-5-2)44(40)31-11-9-17(10-12-31)23(43-33(38)39)16-42-32(36)37/h7-8,14-15,17,23H,4-6,9-13,16H2,1-3H3,(H,28,29,35). The zero-order valence-corrected chi connectivity index (χ0v) is 25.4. The van der Waals surface area contributed by atoms with E-state index in [-0.39, 0.29) is 24.4 Å². The van der Waals surface area contributed by atoms with Gasteiger partial charge in [0.05, 0.1) is 22.8 Å². The number of ether oxygens (including phenoxy) is 1. The van der Waals surface area contributed by atoms with Gasteiger partial charge in [-0.3, -0.25) is 9.59 Å². The predicted molar refractivity (Wildman–Crippen MR) is 157 cm³/mol. The van der Waals surface area contributed by atoms with E-state index in [1.165, 1.54) is 4.57 Å². The summed E-state index contributed by atoms with van der Waals surface area (Å²) in [4.78, 5) is 63.6. The van der Waals surface area contributed by atoms with Crippen molar-refractivity contribution >= 4 is 28.3 Å². The van der Waals surface area contributed by atoms with Crippen molar-refractivity contribution in [2.24, 2.45) is 13.0 Å². The zero-order valence-electron chi connectivity index (χ0n) is 24.6. The number of piperidine rings is 1. The van der Waals surface area contributed by atoms with Gasteiger partial charge in [-0.25, -0.2) is 13.5 Å². The lowest BCUT2D eigenvalue weighted by atomic mass is 9.92. The second-order valence-corrected chi connectivity index (χ2v) is 11.8. The normalized spacial score (nSPS) is 15.5. The van der Waals surface area contributed by atoms with Crippen molar-refractivity contribution in [3.05, 3.63) is 60.0 Å². The van der Waals surface area contributed by atoms with Crippen LogP contribution in [0.1, 0.15) is 55.6 Å². The maximum absolute atomic E-state index is 13.7. The molecule has 1 aromatic carbocycles. The lowest BCUT2D eigenvalue weighted by Gasteiger charge is -2.33. The number of carbonyl (C=O) groups is 1. The van der Waals surface area contributed by atoms with E-state index in [1.54, 1.807) is 29.6 Å². The van der Waals surface area contributed by atoms with Gasteiger partial charge in [0.2, 0.25) is 0 Å². The van der Waals surface area contributed by atoms with Gasteiger partial charge in [0.1, 0.15) is 46.3 Å². The number of hydrogen-bond donors (Lipinski definition) is 1. The summed E-state index contributed by atoms with van der Waals surface area (Å²) in [5.74, 6) is 0.217. The summed E-state index contributed by atoms with van der Waals surface area (Å²) in [7, 11) is -0.0209. The Hall–Kier alpha value is -4.38. The molecule has 0 amide bonds. The fraction of sp³-hybridized carbons (Fsp3) is 0.519. The molecule has 238 valence electrons. The molecule has 1 saturated heterocycles. The van der Waals surface area contributed by atoms with E-state index < -0.39 is 45.3 Å². The molecular formula is C27H34N6O10S. The summed E-state index contributed by atoms with van der Waals surface area (Å²) in [5.41, 5.74) is 1.75. The maximum Gasteiger partial charge on any atom is 0.294 e. The van der Waals surface area contributed by atoms with Crippen LogP contribution in [0.15, 0.2) is 27.9 Å². The number of nitrogens with zero attached hydrogens (tertiary/aromatic N) is 5. The van der Waals surface area contributed by atoms with Gasteiger partial charge in [0.15, 0.2) is 6.29 Å². The van der Waals surface area contributed by atoms with Crippen molar-refractivity contribution in [3.63, 3.8) is 0 Å². The van der Waals surface area contributed by atoms with Crippen LogP contribution in [0.25, 0.3) is 22.4 Å². The Kier molecular flexibility index (Phi) is 10.6. The quantitative estimate of drug-likeness (QED) is 0.146. The van der Waals surface area contributed by atoms with Crippen LogP contribution in [0.2, 0.25) is 0 Å². The Morgan fingerprint density at radius 1 is 1.18 bits per heavy atom. The van der Waals surface area contributed by atoms with E-state index in [4.69, 9.17) is 9.72 Å². The third-order valence-corrected chi connectivity index (χ3v) is 8.98. The van der Waals surface area contributed by atoms with E-state index in [2.05, 4.69) is 14.7 Å². The predicted octanol–water partition coefficient (Wildman–Crippen LogP) is 3.00. The second-order valence-electron chi connectivity index (χ2n) is 10.3. The molecular weight excluding hydrogens is 600 g/mol. The van der Waals surface area contributed by atoms with Crippen molar-refractivity contribution < 1.29 is 33.6 Å². The van der Waals surface area contributed by atoms with Crippen LogP contribution in [0.5, 0.6) is 5.75 Å². The molecule has 1 aliphatic rings. The number of benzene rings is 1. The maximum atomic E-state index is 13.7. The Morgan fingerprint density at radius 3 is 2.52 bits per heavy atom. The molecule has 17 heteroatoms. The van der Waals surface area contributed by atoms with Crippen LogP contribution in [-0.2, 0) is 34.1 Å². The summed E-state index contributed by atoms with van der Waals surface area (Å²) in [6.45, 7) is 4.27. The van der Waals surface area contributed by atoms with E-state index in [1.807, 2.05) is 13.8 Å². The average Bonchev–Trinajstić information content (AvgIpc) is 3.28. The van der Waals surface area contributed by atoms with Gasteiger partial charge >= 0.3 is 0 Å². The molecule has 0 aliphatic carbocycles. The van der Waals surface area contributed by atoms with Crippen molar-refractivity contribution in [1.29, 1.82) is 0 Å². The Bertz CT molecular complexity index is 1610. The number of rotatable bonds is 15. The summed E-state index contributed by atoms with van der Waals surface area (Å²) < 4.78 is 22.9. The van der Waals surface area contributed by atoms with E-state index in [0.29, 0.717) is 58.9 Å². The average molecular weight is 635 g/mol. The van der Waals surface area contributed by atoms with Gasteiger partial charge in [-0.1, -0.05) is 20.3 Å². The van der Waals surface area contributed by atoms with Crippen LogP contribution in [0, 0.1) is 26.1 Å². The highest BCUT2D eigenvalue weighted by Crippen LogP contribution is 2.33. The Labute approximate surface area is 254 Å². The van der Waals surface area contributed by atoms with Crippen LogP contribution in [0.4, 0.5) is 0 Å². The van der Waals surface area contributed by atoms with Gasteiger partial charge in [-0.15, -0.1) is 20.2 Å². The monoisotopic (exact) mass is 634 g/mol. The summed E-state index contributed by atoms with van der Waals surface area (Å²) >= 11 is 0. The smallest absolute Gasteiger partial charge is 0.294 e. The first-order chi connectivity index (χ1) is 21.1. The van der Waals surface area contributed by atoms with Gasteiger partial charge < -0.3 is 24.0 Å². The van der Waals surface area contributed by atoms with Crippen LogP contribution in [-0.4, -0.2) is 71.9 Å². The lowest BCUT2D eigenvalue weighted by molar-refractivity contribution is -0.791. The zero-order chi connectivity index (χ0) is 32.0. The molecule has 1 N–H and O–H groups in total.